The van der Waals surface area contributed by atoms with Crippen molar-refractivity contribution in [1.82, 2.24) is 9.97 Å². The predicted octanol–water partition coefficient (Wildman–Crippen LogP) is 3.74. The molecule has 1 fully saturated rings. The highest BCUT2D eigenvalue weighted by Crippen LogP contribution is 2.33. The molecule has 1 aliphatic heterocycles. The van der Waals surface area contributed by atoms with Crippen LogP contribution in [0.2, 0.25) is 5.15 Å². The topological polar surface area (TPSA) is 29.0 Å². The summed E-state index contributed by atoms with van der Waals surface area (Å²) < 4.78 is 0. The van der Waals surface area contributed by atoms with Gasteiger partial charge in [0.25, 0.3) is 0 Å². The van der Waals surface area contributed by atoms with E-state index in [0.29, 0.717) is 22.9 Å². The summed E-state index contributed by atoms with van der Waals surface area (Å²) in [7, 11) is 0. The molecule has 2 rings (SSSR count). The number of halogens is 1. The van der Waals surface area contributed by atoms with Crippen molar-refractivity contribution in [3.05, 3.63) is 17.0 Å². The van der Waals surface area contributed by atoms with Crippen molar-refractivity contribution in [2.24, 2.45) is 11.8 Å². The Kier molecular flexibility index (Phi) is 4.10. The summed E-state index contributed by atoms with van der Waals surface area (Å²) in [6.45, 7) is 11.0. The molecule has 1 saturated heterocycles. The van der Waals surface area contributed by atoms with Crippen LogP contribution in [0.1, 0.15) is 45.6 Å². The second-order valence-electron chi connectivity index (χ2n) is 5.91. The Morgan fingerprint density at radius 2 is 1.83 bits per heavy atom. The van der Waals surface area contributed by atoms with Gasteiger partial charge in [-0.2, -0.15) is 0 Å². The Morgan fingerprint density at radius 3 is 2.39 bits per heavy atom. The first-order valence-corrected chi connectivity index (χ1v) is 7.12. The van der Waals surface area contributed by atoms with E-state index in [-0.39, 0.29) is 0 Å². The summed E-state index contributed by atoms with van der Waals surface area (Å²) >= 11 is 6.24. The van der Waals surface area contributed by atoms with Crippen LogP contribution in [0.5, 0.6) is 0 Å². The summed E-state index contributed by atoms with van der Waals surface area (Å²) in [5, 5.41) is 0.598. The van der Waals surface area contributed by atoms with E-state index in [4.69, 9.17) is 11.6 Å². The monoisotopic (exact) mass is 267 g/mol. The van der Waals surface area contributed by atoms with Crippen LogP contribution in [0.25, 0.3) is 0 Å². The average molecular weight is 268 g/mol. The van der Waals surface area contributed by atoms with Crippen LogP contribution in [0.15, 0.2) is 6.33 Å². The molecule has 2 atom stereocenters. The fourth-order valence-electron chi connectivity index (χ4n) is 2.95. The second-order valence-corrected chi connectivity index (χ2v) is 6.27. The second kappa shape index (κ2) is 5.43. The van der Waals surface area contributed by atoms with Gasteiger partial charge < -0.3 is 4.90 Å². The van der Waals surface area contributed by atoms with Crippen molar-refractivity contribution in [2.45, 2.75) is 40.0 Å². The number of hydrogen-bond donors (Lipinski definition) is 0. The fourth-order valence-corrected chi connectivity index (χ4v) is 3.30. The summed E-state index contributed by atoms with van der Waals surface area (Å²) in [6.07, 6.45) is 2.87. The average Bonchev–Trinajstić information content (AvgIpc) is 2.26. The molecular weight excluding hydrogens is 246 g/mol. The zero-order chi connectivity index (χ0) is 13.3. The molecule has 0 bridgehead atoms. The third kappa shape index (κ3) is 2.77. The SMILES string of the molecule is CC1CC(C)CN(c2ncnc(Cl)c2C(C)C)C1. The summed E-state index contributed by atoms with van der Waals surface area (Å²) in [5.74, 6) is 2.80. The van der Waals surface area contributed by atoms with Crippen LogP contribution < -0.4 is 4.90 Å². The number of piperidine rings is 1. The molecule has 1 aromatic rings. The lowest BCUT2D eigenvalue weighted by atomic mass is 9.91. The van der Waals surface area contributed by atoms with Crippen LogP contribution in [0.3, 0.4) is 0 Å². The van der Waals surface area contributed by atoms with E-state index >= 15 is 0 Å². The maximum atomic E-state index is 6.24. The van der Waals surface area contributed by atoms with Crippen molar-refractivity contribution in [3.63, 3.8) is 0 Å². The van der Waals surface area contributed by atoms with Crippen molar-refractivity contribution in [2.75, 3.05) is 18.0 Å². The Balaban J connectivity index is 2.35. The molecule has 0 radical (unpaired) electrons. The lowest BCUT2D eigenvalue weighted by Gasteiger charge is -2.37. The van der Waals surface area contributed by atoms with Crippen molar-refractivity contribution in [3.8, 4) is 0 Å². The van der Waals surface area contributed by atoms with E-state index in [1.807, 2.05) is 0 Å². The molecule has 100 valence electrons. The Bertz CT molecular complexity index is 410. The van der Waals surface area contributed by atoms with Gasteiger partial charge >= 0.3 is 0 Å². The largest absolute Gasteiger partial charge is 0.356 e. The molecule has 0 N–H and O–H groups in total. The van der Waals surface area contributed by atoms with Crippen LogP contribution in [0.4, 0.5) is 5.82 Å². The first kappa shape index (κ1) is 13.6. The van der Waals surface area contributed by atoms with Gasteiger partial charge in [0.05, 0.1) is 0 Å². The standard InChI is InChI=1S/C14H22ClN3/c1-9(2)12-13(15)16-8-17-14(12)18-6-10(3)5-11(4)7-18/h8-11H,5-7H2,1-4H3. The van der Waals surface area contributed by atoms with Gasteiger partial charge in [0.15, 0.2) is 0 Å². The van der Waals surface area contributed by atoms with Crippen molar-refractivity contribution < 1.29 is 0 Å². The van der Waals surface area contributed by atoms with Gasteiger partial charge in [0, 0.05) is 18.7 Å². The van der Waals surface area contributed by atoms with Gasteiger partial charge in [-0.15, -0.1) is 0 Å². The third-order valence-corrected chi connectivity index (χ3v) is 3.86. The molecule has 1 aromatic heterocycles. The van der Waals surface area contributed by atoms with E-state index in [1.54, 1.807) is 6.33 Å². The van der Waals surface area contributed by atoms with E-state index in [9.17, 15) is 0 Å². The normalized spacial score (nSPS) is 24.7. The van der Waals surface area contributed by atoms with Gasteiger partial charge in [0.1, 0.15) is 17.3 Å². The van der Waals surface area contributed by atoms with Gasteiger partial charge in [0.2, 0.25) is 0 Å². The molecule has 1 aliphatic rings. The molecule has 0 amide bonds. The number of rotatable bonds is 2. The predicted molar refractivity (Wildman–Crippen MR) is 76.3 cm³/mol. The van der Waals surface area contributed by atoms with Crippen molar-refractivity contribution >= 4 is 17.4 Å². The van der Waals surface area contributed by atoms with Crippen LogP contribution in [0, 0.1) is 11.8 Å². The van der Waals surface area contributed by atoms with Gasteiger partial charge in [-0.1, -0.05) is 39.3 Å². The Labute approximate surface area is 115 Å². The van der Waals surface area contributed by atoms with Crippen LogP contribution in [-0.4, -0.2) is 23.1 Å². The molecule has 0 saturated carbocycles. The molecule has 2 heterocycles. The zero-order valence-electron chi connectivity index (χ0n) is 11.7. The van der Waals surface area contributed by atoms with Gasteiger partial charge in [-0.05, 0) is 24.2 Å². The summed E-state index contributed by atoms with van der Waals surface area (Å²) in [5.41, 5.74) is 1.08. The Hall–Kier alpha value is -0.830. The van der Waals surface area contributed by atoms with Gasteiger partial charge in [-0.25, -0.2) is 9.97 Å². The quantitative estimate of drug-likeness (QED) is 0.765. The minimum atomic E-state index is 0.348. The maximum Gasteiger partial charge on any atom is 0.138 e. The highest BCUT2D eigenvalue weighted by Gasteiger charge is 2.26. The first-order valence-electron chi connectivity index (χ1n) is 6.74. The molecule has 4 heteroatoms. The molecule has 0 aliphatic carbocycles. The summed E-state index contributed by atoms with van der Waals surface area (Å²) in [6, 6.07) is 0. The number of hydrogen-bond acceptors (Lipinski definition) is 3. The fraction of sp³-hybridized carbons (Fsp3) is 0.714. The smallest absolute Gasteiger partial charge is 0.138 e. The number of aromatic nitrogens is 2. The minimum absolute atomic E-state index is 0.348. The molecule has 0 aromatic carbocycles. The highest BCUT2D eigenvalue weighted by atomic mass is 35.5. The summed E-state index contributed by atoms with van der Waals surface area (Å²) in [4.78, 5) is 11.0. The Morgan fingerprint density at radius 1 is 1.22 bits per heavy atom. The number of anilines is 1. The lowest BCUT2D eigenvalue weighted by molar-refractivity contribution is 0.354. The van der Waals surface area contributed by atoms with Crippen LogP contribution in [-0.2, 0) is 0 Å². The van der Waals surface area contributed by atoms with Gasteiger partial charge in [-0.3, -0.25) is 0 Å². The zero-order valence-corrected chi connectivity index (χ0v) is 12.4. The van der Waals surface area contributed by atoms with E-state index < -0.39 is 0 Å². The lowest BCUT2D eigenvalue weighted by Crippen LogP contribution is -2.39. The first-order chi connectivity index (χ1) is 8.49. The molecule has 2 unspecified atom stereocenters. The maximum absolute atomic E-state index is 6.24. The van der Waals surface area contributed by atoms with E-state index in [0.717, 1.165) is 24.5 Å². The van der Waals surface area contributed by atoms with Crippen molar-refractivity contribution in [1.29, 1.82) is 0 Å². The third-order valence-electron chi connectivity index (χ3n) is 3.56. The highest BCUT2D eigenvalue weighted by molar-refractivity contribution is 6.30. The molecule has 18 heavy (non-hydrogen) atoms. The molecular formula is C14H22ClN3. The number of nitrogens with zero attached hydrogens (tertiary/aromatic N) is 3. The van der Waals surface area contributed by atoms with E-state index in [2.05, 4.69) is 42.6 Å². The molecule has 3 nitrogen and oxygen atoms in total. The minimum Gasteiger partial charge on any atom is -0.356 e. The van der Waals surface area contributed by atoms with E-state index in [1.165, 1.54) is 6.42 Å². The van der Waals surface area contributed by atoms with Crippen LogP contribution >= 0.6 is 11.6 Å². The molecule has 0 spiro atoms.